The second-order valence-corrected chi connectivity index (χ2v) is 5.61. The van der Waals surface area contributed by atoms with Gasteiger partial charge >= 0.3 is 0 Å². The maximum Gasteiger partial charge on any atom is 0.290 e. The minimum absolute atomic E-state index is 0.0952. The number of piperidine rings is 1. The van der Waals surface area contributed by atoms with Gasteiger partial charge < -0.3 is 14.4 Å². The van der Waals surface area contributed by atoms with E-state index in [0.717, 1.165) is 11.1 Å². The molecule has 1 N–H and O–H groups in total. The molecule has 1 saturated heterocycles. The first-order chi connectivity index (χ1) is 10.2. The Balaban J connectivity index is 1.85. The molecule has 0 aliphatic carbocycles. The van der Waals surface area contributed by atoms with Crippen molar-refractivity contribution in [3.8, 4) is 11.1 Å². The molecule has 0 saturated carbocycles. The molecule has 4 heteroatoms. The standard InChI is InChI=1S/C17H19NO3/c1-12-11-18(9-7-15(12)19)17(20)16-14(8-10-21-16)13-5-3-2-4-6-13/h2-6,8,10,12,15,19H,7,9,11H2,1H3. The van der Waals surface area contributed by atoms with Crippen LogP contribution in [0.1, 0.15) is 23.9 Å². The molecule has 0 spiro atoms. The van der Waals surface area contributed by atoms with Crippen LogP contribution in [-0.4, -0.2) is 35.1 Å². The number of hydrogen-bond donors (Lipinski definition) is 1. The Morgan fingerprint density at radius 2 is 2.05 bits per heavy atom. The highest BCUT2D eigenvalue weighted by Crippen LogP contribution is 2.27. The number of benzene rings is 1. The van der Waals surface area contributed by atoms with Gasteiger partial charge in [0.05, 0.1) is 12.4 Å². The van der Waals surface area contributed by atoms with Gasteiger partial charge in [-0.05, 0) is 24.0 Å². The molecule has 1 fully saturated rings. The van der Waals surface area contributed by atoms with Gasteiger partial charge in [0, 0.05) is 18.7 Å². The van der Waals surface area contributed by atoms with Crippen molar-refractivity contribution in [3.63, 3.8) is 0 Å². The highest BCUT2D eigenvalue weighted by atomic mass is 16.3. The van der Waals surface area contributed by atoms with Gasteiger partial charge in [-0.25, -0.2) is 0 Å². The van der Waals surface area contributed by atoms with Crippen molar-refractivity contribution in [1.82, 2.24) is 4.90 Å². The number of nitrogens with zero attached hydrogens (tertiary/aromatic N) is 1. The third-order valence-electron chi connectivity index (χ3n) is 4.09. The maximum absolute atomic E-state index is 12.7. The van der Waals surface area contributed by atoms with Crippen LogP contribution in [0.5, 0.6) is 0 Å². The predicted molar refractivity (Wildman–Crippen MR) is 79.8 cm³/mol. The van der Waals surface area contributed by atoms with E-state index in [1.54, 1.807) is 11.2 Å². The van der Waals surface area contributed by atoms with Crippen molar-refractivity contribution in [3.05, 3.63) is 48.4 Å². The van der Waals surface area contributed by atoms with Crippen molar-refractivity contribution < 1.29 is 14.3 Å². The molecular formula is C17H19NO3. The topological polar surface area (TPSA) is 53.7 Å². The van der Waals surface area contributed by atoms with Crippen LogP contribution in [0.15, 0.2) is 47.1 Å². The lowest BCUT2D eigenvalue weighted by Gasteiger charge is -2.34. The normalized spacial score (nSPS) is 22.3. The zero-order chi connectivity index (χ0) is 14.8. The van der Waals surface area contributed by atoms with E-state index < -0.39 is 0 Å². The molecule has 1 aromatic heterocycles. The number of rotatable bonds is 2. The predicted octanol–water partition coefficient (Wildman–Crippen LogP) is 2.79. The van der Waals surface area contributed by atoms with Crippen molar-refractivity contribution in [2.45, 2.75) is 19.4 Å². The molecule has 2 unspecified atom stereocenters. The Morgan fingerprint density at radius 1 is 1.29 bits per heavy atom. The average molecular weight is 285 g/mol. The Labute approximate surface area is 124 Å². The van der Waals surface area contributed by atoms with Gasteiger partial charge in [0.2, 0.25) is 0 Å². The van der Waals surface area contributed by atoms with E-state index in [1.165, 1.54) is 0 Å². The molecule has 1 amide bonds. The minimum atomic E-state index is -0.320. The summed E-state index contributed by atoms with van der Waals surface area (Å²) in [5.74, 6) is 0.375. The molecule has 21 heavy (non-hydrogen) atoms. The van der Waals surface area contributed by atoms with Crippen LogP contribution in [0, 0.1) is 5.92 Å². The van der Waals surface area contributed by atoms with E-state index in [1.807, 2.05) is 43.3 Å². The van der Waals surface area contributed by atoms with Gasteiger partial charge in [-0.3, -0.25) is 4.79 Å². The fourth-order valence-electron chi connectivity index (χ4n) is 2.78. The van der Waals surface area contributed by atoms with E-state index in [0.29, 0.717) is 25.3 Å². The van der Waals surface area contributed by atoms with Gasteiger partial charge in [-0.1, -0.05) is 37.3 Å². The summed E-state index contributed by atoms with van der Waals surface area (Å²) >= 11 is 0. The summed E-state index contributed by atoms with van der Waals surface area (Å²) in [5.41, 5.74) is 1.79. The highest BCUT2D eigenvalue weighted by Gasteiger charge is 2.30. The Kier molecular flexibility index (Phi) is 3.80. The van der Waals surface area contributed by atoms with E-state index in [-0.39, 0.29) is 17.9 Å². The largest absolute Gasteiger partial charge is 0.459 e. The quantitative estimate of drug-likeness (QED) is 0.923. The first kappa shape index (κ1) is 13.9. The molecule has 2 heterocycles. The van der Waals surface area contributed by atoms with Crippen molar-refractivity contribution in [2.75, 3.05) is 13.1 Å². The minimum Gasteiger partial charge on any atom is -0.459 e. The van der Waals surface area contributed by atoms with Crippen LogP contribution in [0.2, 0.25) is 0 Å². The van der Waals surface area contributed by atoms with E-state index in [9.17, 15) is 9.90 Å². The summed E-state index contributed by atoms with van der Waals surface area (Å²) in [7, 11) is 0. The third-order valence-corrected chi connectivity index (χ3v) is 4.09. The average Bonchev–Trinajstić information content (AvgIpc) is 2.99. The molecule has 1 aliphatic heterocycles. The molecule has 3 rings (SSSR count). The first-order valence-electron chi connectivity index (χ1n) is 7.27. The van der Waals surface area contributed by atoms with Crippen LogP contribution in [0.25, 0.3) is 11.1 Å². The molecular weight excluding hydrogens is 266 g/mol. The summed E-state index contributed by atoms with van der Waals surface area (Å²) < 4.78 is 5.44. The van der Waals surface area contributed by atoms with Crippen molar-refractivity contribution >= 4 is 5.91 Å². The van der Waals surface area contributed by atoms with E-state index in [2.05, 4.69) is 0 Å². The molecule has 0 radical (unpaired) electrons. The van der Waals surface area contributed by atoms with E-state index >= 15 is 0 Å². The highest BCUT2D eigenvalue weighted by molar-refractivity contribution is 5.98. The Bertz CT molecular complexity index is 620. The summed E-state index contributed by atoms with van der Waals surface area (Å²) in [6, 6.07) is 11.6. The number of aliphatic hydroxyl groups is 1. The molecule has 2 aromatic rings. The molecule has 2 atom stereocenters. The molecule has 4 nitrogen and oxygen atoms in total. The summed E-state index contributed by atoms with van der Waals surface area (Å²) in [6.45, 7) is 3.10. The maximum atomic E-state index is 12.7. The zero-order valence-electron chi connectivity index (χ0n) is 12.0. The first-order valence-corrected chi connectivity index (χ1v) is 7.27. The van der Waals surface area contributed by atoms with Crippen LogP contribution in [0.3, 0.4) is 0 Å². The monoisotopic (exact) mass is 285 g/mol. The van der Waals surface area contributed by atoms with Crippen LogP contribution in [0.4, 0.5) is 0 Å². The number of amides is 1. The third kappa shape index (κ3) is 2.72. The molecule has 1 aliphatic rings. The van der Waals surface area contributed by atoms with Crippen LogP contribution >= 0.6 is 0 Å². The Morgan fingerprint density at radius 3 is 2.76 bits per heavy atom. The number of carbonyl (C=O) groups excluding carboxylic acids is 1. The number of carbonyl (C=O) groups is 1. The smallest absolute Gasteiger partial charge is 0.290 e. The lowest BCUT2D eigenvalue weighted by atomic mass is 9.96. The van der Waals surface area contributed by atoms with Crippen molar-refractivity contribution in [1.29, 1.82) is 0 Å². The lowest BCUT2D eigenvalue weighted by molar-refractivity contribution is 0.0280. The second-order valence-electron chi connectivity index (χ2n) is 5.61. The fourth-order valence-corrected chi connectivity index (χ4v) is 2.78. The lowest BCUT2D eigenvalue weighted by Crippen LogP contribution is -2.45. The number of furan rings is 1. The van der Waals surface area contributed by atoms with E-state index in [4.69, 9.17) is 4.42 Å². The Hall–Kier alpha value is -2.07. The number of hydrogen-bond acceptors (Lipinski definition) is 3. The van der Waals surface area contributed by atoms with Gasteiger partial charge in [0.15, 0.2) is 5.76 Å². The second kappa shape index (κ2) is 5.74. The van der Waals surface area contributed by atoms with Crippen LogP contribution < -0.4 is 0 Å². The number of aliphatic hydroxyl groups excluding tert-OH is 1. The summed E-state index contributed by atoms with van der Waals surface area (Å²) in [6.07, 6.45) is 1.85. The van der Waals surface area contributed by atoms with Gasteiger partial charge in [0.25, 0.3) is 5.91 Å². The SMILES string of the molecule is CC1CN(C(=O)c2occc2-c2ccccc2)CCC1O. The van der Waals surface area contributed by atoms with Crippen molar-refractivity contribution in [2.24, 2.45) is 5.92 Å². The molecule has 0 bridgehead atoms. The molecule has 1 aromatic carbocycles. The number of likely N-dealkylation sites (tertiary alicyclic amines) is 1. The molecule has 110 valence electrons. The fraction of sp³-hybridized carbons (Fsp3) is 0.353. The summed E-state index contributed by atoms with van der Waals surface area (Å²) in [4.78, 5) is 14.4. The summed E-state index contributed by atoms with van der Waals surface area (Å²) in [5, 5.41) is 9.78. The van der Waals surface area contributed by atoms with Crippen LogP contribution in [-0.2, 0) is 0 Å². The van der Waals surface area contributed by atoms with Gasteiger partial charge in [0.1, 0.15) is 0 Å². The van der Waals surface area contributed by atoms with Gasteiger partial charge in [-0.2, -0.15) is 0 Å². The zero-order valence-corrected chi connectivity index (χ0v) is 12.0. The van der Waals surface area contributed by atoms with Gasteiger partial charge in [-0.15, -0.1) is 0 Å².